The summed E-state index contributed by atoms with van der Waals surface area (Å²) in [5, 5.41) is 10.1. The number of amides is 1. The number of piperidine rings is 1. The first-order valence-electron chi connectivity index (χ1n) is 7.37. The first-order chi connectivity index (χ1) is 10.0. The SMILES string of the molecule is Cc1cc(Cl)ccc1OC(C)C(=O)N1CCCCC1CO. The number of aliphatic hydroxyl groups excluding tert-OH is 1. The standard InChI is InChI=1S/C16H22ClNO3/c1-11-9-13(17)6-7-15(11)21-12(2)16(20)18-8-4-3-5-14(18)10-19/h6-7,9,12,14,19H,3-5,8,10H2,1-2H3. The van der Waals surface area contributed by atoms with Gasteiger partial charge in [0.05, 0.1) is 12.6 Å². The molecule has 0 radical (unpaired) electrons. The van der Waals surface area contributed by atoms with Crippen LogP contribution in [0.1, 0.15) is 31.7 Å². The summed E-state index contributed by atoms with van der Waals surface area (Å²) in [5.74, 6) is 0.598. The molecule has 0 bridgehead atoms. The Morgan fingerprint density at radius 2 is 2.29 bits per heavy atom. The van der Waals surface area contributed by atoms with Gasteiger partial charge in [-0.1, -0.05) is 11.6 Å². The van der Waals surface area contributed by atoms with Gasteiger partial charge in [-0.15, -0.1) is 0 Å². The fourth-order valence-corrected chi connectivity index (χ4v) is 2.93. The van der Waals surface area contributed by atoms with Crippen LogP contribution < -0.4 is 4.74 Å². The van der Waals surface area contributed by atoms with Gasteiger partial charge in [0.15, 0.2) is 6.10 Å². The van der Waals surface area contributed by atoms with E-state index in [4.69, 9.17) is 16.3 Å². The second-order valence-electron chi connectivity index (χ2n) is 5.53. The maximum atomic E-state index is 12.5. The van der Waals surface area contributed by atoms with Crippen molar-refractivity contribution in [1.82, 2.24) is 4.90 Å². The van der Waals surface area contributed by atoms with E-state index in [1.165, 1.54) is 0 Å². The van der Waals surface area contributed by atoms with E-state index >= 15 is 0 Å². The quantitative estimate of drug-likeness (QED) is 0.930. The minimum absolute atomic E-state index is 0.0123. The topological polar surface area (TPSA) is 49.8 Å². The first kappa shape index (κ1) is 16.1. The number of carbonyl (C=O) groups excluding carboxylic acids is 1. The van der Waals surface area contributed by atoms with E-state index in [9.17, 15) is 9.90 Å². The molecule has 0 aromatic heterocycles. The van der Waals surface area contributed by atoms with Crippen LogP contribution in [0, 0.1) is 6.92 Å². The summed E-state index contributed by atoms with van der Waals surface area (Å²) in [7, 11) is 0. The number of likely N-dealkylation sites (tertiary alicyclic amines) is 1. The number of hydrogen-bond acceptors (Lipinski definition) is 3. The molecule has 0 aliphatic carbocycles. The van der Waals surface area contributed by atoms with Crippen LogP contribution in [-0.4, -0.2) is 41.2 Å². The largest absolute Gasteiger partial charge is 0.481 e. The number of halogens is 1. The minimum Gasteiger partial charge on any atom is -0.481 e. The first-order valence-corrected chi connectivity index (χ1v) is 7.75. The van der Waals surface area contributed by atoms with Gasteiger partial charge >= 0.3 is 0 Å². The van der Waals surface area contributed by atoms with Crippen molar-refractivity contribution in [3.05, 3.63) is 28.8 Å². The molecule has 1 aromatic rings. The lowest BCUT2D eigenvalue weighted by Crippen LogP contribution is -2.50. The fraction of sp³-hybridized carbons (Fsp3) is 0.562. The Hall–Kier alpha value is -1.26. The highest BCUT2D eigenvalue weighted by atomic mass is 35.5. The van der Waals surface area contributed by atoms with Gasteiger partial charge in [-0.25, -0.2) is 0 Å². The monoisotopic (exact) mass is 311 g/mol. The average molecular weight is 312 g/mol. The van der Waals surface area contributed by atoms with E-state index in [0.29, 0.717) is 17.3 Å². The maximum Gasteiger partial charge on any atom is 0.263 e. The molecule has 1 N–H and O–H groups in total. The molecule has 116 valence electrons. The highest BCUT2D eigenvalue weighted by Gasteiger charge is 2.30. The third kappa shape index (κ3) is 3.89. The molecule has 1 amide bonds. The van der Waals surface area contributed by atoms with Crippen molar-refractivity contribution >= 4 is 17.5 Å². The zero-order valence-electron chi connectivity index (χ0n) is 12.5. The second-order valence-corrected chi connectivity index (χ2v) is 5.97. The Bertz CT molecular complexity index is 506. The number of aliphatic hydroxyl groups is 1. The maximum absolute atomic E-state index is 12.5. The van der Waals surface area contributed by atoms with Crippen molar-refractivity contribution in [2.75, 3.05) is 13.2 Å². The van der Waals surface area contributed by atoms with Gasteiger partial charge in [0, 0.05) is 11.6 Å². The number of ether oxygens (including phenoxy) is 1. The van der Waals surface area contributed by atoms with E-state index < -0.39 is 6.10 Å². The molecule has 1 heterocycles. The van der Waals surface area contributed by atoms with Crippen LogP contribution in [0.3, 0.4) is 0 Å². The zero-order valence-corrected chi connectivity index (χ0v) is 13.3. The lowest BCUT2D eigenvalue weighted by molar-refractivity contribution is -0.142. The van der Waals surface area contributed by atoms with Gasteiger partial charge in [-0.05, 0) is 56.9 Å². The highest BCUT2D eigenvalue weighted by molar-refractivity contribution is 6.30. The van der Waals surface area contributed by atoms with E-state index in [0.717, 1.165) is 24.8 Å². The molecule has 2 atom stereocenters. The Morgan fingerprint density at radius 3 is 2.95 bits per heavy atom. The van der Waals surface area contributed by atoms with Gasteiger partial charge in [0.1, 0.15) is 5.75 Å². The molecule has 0 spiro atoms. The molecular weight excluding hydrogens is 290 g/mol. The van der Waals surface area contributed by atoms with Gasteiger partial charge in [0.25, 0.3) is 5.91 Å². The van der Waals surface area contributed by atoms with Crippen LogP contribution in [0.25, 0.3) is 0 Å². The van der Waals surface area contributed by atoms with Crippen LogP contribution in [0.4, 0.5) is 0 Å². The van der Waals surface area contributed by atoms with Crippen LogP contribution in [-0.2, 0) is 4.79 Å². The average Bonchev–Trinajstić information content (AvgIpc) is 2.49. The third-order valence-electron chi connectivity index (χ3n) is 3.91. The Kier molecular flexibility index (Phi) is 5.48. The summed E-state index contributed by atoms with van der Waals surface area (Å²) in [6.07, 6.45) is 2.32. The van der Waals surface area contributed by atoms with Crippen LogP contribution in [0.2, 0.25) is 5.02 Å². The summed E-state index contributed by atoms with van der Waals surface area (Å²) in [5.41, 5.74) is 0.902. The fourth-order valence-electron chi connectivity index (χ4n) is 2.70. The predicted molar refractivity (Wildman–Crippen MR) is 82.7 cm³/mol. The van der Waals surface area contributed by atoms with Crippen LogP contribution in [0.15, 0.2) is 18.2 Å². The number of aryl methyl sites for hydroxylation is 1. The van der Waals surface area contributed by atoms with Gasteiger partial charge in [-0.2, -0.15) is 0 Å². The number of benzene rings is 1. The number of rotatable bonds is 4. The van der Waals surface area contributed by atoms with Gasteiger partial charge in [-0.3, -0.25) is 4.79 Å². The molecule has 2 rings (SSSR count). The third-order valence-corrected chi connectivity index (χ3v) is 4.14. The highest BCUT2D eigenvalue weighted by Crippen LogP contribution is 2.24. The molecule has 21 heavy (non-hydrogen) atoms. The lowest BCUT2D eigenvalue weighted by atomic mass is 10.0. The molecular formula is C16H22ClNO3. The molecule has 1 aromatic carbocycles. The molecule has 1 saturated heterocycles. The van der Waals surface area contributed by atoms with Crippen molar-refractivity contribution in [2.24, 2.45) is 0 Å². The molecule has 4 nitrogen and oxygen atoms in total. The Labute approximate surface area is 130 Å². The normalized spacial score (nSPS) is 20.2. The van der Waals surface area contributed by atoms with E-state index in [1.807, 2.05) is 13.0 Å². The van der Waals surface area contributed by atoms with Gasteiger partial charge in [0.2, 0.25) is 0 Å². The van der Waals surface area contributed by atoms with Crippen molar-refractivity contribution in [3.8, 4) is 5.75 Å². The lowest BCUT2D eigenvalue weighted by Gasteiger charge is -2.36. The van der Waals surface area contributed by atoms with Gasteiger partial charge < -0.3 is 14.7 Å². The number of hydrogen-bond donors (Lipinski definition) is 1. The smallest absolute Gasteiger partial charge is 0.263 e. The molecule has 1 aliphatic rings. The summed E-state index contributed by atoms with van der Waals surface area (Å²) in [4.78, 5) is 14.3. The van der Waals surface area contributed by atoms with Crippen LogP contribution >= 0.6 is 11.6 Å². The number of carbonyl (C=O) groups is 1. The van der Waals surface area contributed by atoms with E-state index in [-0.39, 0.29) is 18.6 Å². The van der Waals surface area contributed by atoms with Crippen LogP contribution in [0.5, 0.6) is 5.75 Å². The van der Waals surface area contributed by atoms with E-state index in [2.05, 4.69) is 0 Å². The van der Waals surface area contributed by atoms with Crippen molar-refractivity contribution in [1.29, 1.82) is 0 Å². The predicted octanol–water partition coefficient (Wildman–Crippen LogP) is 2.79. The molecule has 1 fully saturated rings. The Balaban J connectivity index is 2.04. The second kappa shape index (κ2) is 7.14. The molecule has 0 saturated carbocycles. The summed E-state index contributed by atoms with van der Waals surface area (Å²) in [6.45, 7) is 4.35. The zero-order chi connectivity index (χ0) is 15.4. The number of nitrogens with zero attached hydrogens (tertiary/aromatic N) is 1. The molecule has 5 heteroatoms. The van der Waals surface area contributed by atoms with E-state index in [1.54, 1.807) is 24.0 Å². The van der Waals surface area contributed by atoms with Crippen molar-refractivity contribution < 1.29 is 14.6 Å². The molecule has 2 unspecified atom stereocenters. The minimum atomic E-state index is -0.572. The van der Waals surface area contributed by atoms with Crippen molar-refractivity contribution in [2.45, 2.75) is 45.3 Å². The summed E-state index contributed by atoms with van der Waals surface area (Å²) in [6, 6.07) is 5.26. The molecule has 1 aliphatic heterocycles. The van der Waals surface area contributed by atoms with Crippen molar-refractivity contribution in [3.63, 3.8) is 0 Å². The summed E-state index contributed by atoms with van der Waals surface area (Å²) < 4.78 is 5.78. The summed E-state index contributed by atoms with van der Waals surface area (Å²) >= 11 is 5.92. The Morgan fingerprint density at radius 1 is 1.52 bits per heavy atom.